The van der Waals surface area contributed by atoms with Crippen molar-refractivity contribution in [1.29, 1.82) is 0 Å². The van der Waals surface area contributed by atoms with Crippen LogP contribution in [0.25, 0.3) is 11.3 Å². The Morgan fingerprint density at radius 1 is 1.08 bits per heavy atom. The van der Waals surface area contributed by atoms with Gasteiger partial charge in [-0.3, -0.25) is 0 Å². The molecule has 7 heteroatoms. The predicted molar refractivity (Wildman–Crippen MR) is 102 cm³/mol. The molecule has 0 atom stereocenters. The Hall–Kier alpha value is -2.34. The van der Waals surface area contributed by atoms with E-state index < -0.39 is 0 Å². The Bertz CT molecular complexity index is 882. The van der Waals surface area contributed by atoms with E-state index >= 15 is 0 Å². The molecule has 3 rings (SSSR count). The zero-order valence-electron chi connectivity index (χ0n) is 13.2. The van der Waals surface area contributed by atoms with Gasteiger partial charge in [0.25, 0.3) is 0 Å². The van der Waals surface area contributed by atoms with Gasteiger partial charge in [-0.1, -0.05) is 47.5 Å². The van der Waals surface area contributed by atoms with Crippen molar-refractivity contribution in [3.05, 3.63) is 69.8 Å². The van der Waals surface area contributed by atoms with E-state index in [4.69, 9.17) is 28.9 Å². The van der Waals surface area contributed by atoms with Crippen LogP contribution in [-0.4, -0.2) is 15.1 Å². The van der Waals surface area contributed by atoms with Gasteiger partial charge in [0.2, 0.25) is 0 Å². The molecule has 0 aliphatic carbocycles. The number of halogens is 2. The van der Waals surface area contributed by atoms with Gasteiger partial charge < -0.3 is 16.2 Å². The van der Waals surface area contributed by atoms with Crippen LogP contribution in [0.4, 0.5) is 11.6 Å². The fourth-order valence-corrected chi connectivity index (χ4v) is 2.90. The van der Waals surface area contributed by atoms with Crippen LogP contribution in [0.1, 0.15) is 11.1 Å². The van der Waals surface area contributed by atoms with Gasteiger partial charge in [-0.2, -0.15) is 0 Å². The Balaban J connectivity index is 1.87. The second kappa shape index (κ2) is 7.70. The van der Waals surface area contributed by atoms with Crippen molar-refractivity contribution in [3.63, 3.8) is 0 Å². The van der Waals surface area contributed by atoms with Crippen LogP contribution in [0.2, 0.25) is 10.0 Å². The second-order valence-electron chi connectivity index (χ2n) is 5.40. The third kappa shape index (κ3) is 4.02. The monoisotopic (exact) mass is 374 g/mol. The van der Waals surface area contributed by atoms with Crippen molar-refractivity contribution in [3.8, 4) is 11.3 Å². The van der Waals surface area contributed by atoms with E-state index in [9.17, 15) is 5.11 Å². The summed E-state index contributed by atoms with van der Waals surface area (Å²) in [5.74, 6) is 0.730. The third-order valence-corrected chi connectivity index (χ3v) is 4.41. The van der Waals surface area contributed by atoms with Crippen molar-refractivity contribution < 1.29 is 5.11 Å². The highest BCUT2D eigenvalue weighted by Gasteiger charge is 2.10. The number of nitrogens with zero attached hydrogens (tertiary/aromatic N) is 2. The SMILES string of the molecule is Nc1ncc(-c2cccc(CO)c2)nc1NCc1c(Cl)cccc1Cl. The fraction of sp³-hybridized carbons (Fsp3) is 0.111. The molecule has 1 aromatic heterocycles. The maximum atomic E-state index is 9.28. The molecular weight excluding hydrogens is 359 g/mol. The molecule has 0 aliphatic heterocycles. The van der Waals surface area contributed by atoms with Crippen LogP contribution < -0.4 is 11.1 Å². The van der Waals surface area contributed by atoms with E-state index in [-0.39, 0.29) is 12.4 Å². The first kappa shape index (κ1) is 17.5. The molecule has 0 saturated heterocycles. The summed E-state index contributed by atoms with van der Waals surface area (Å²) in [5, 5.41) is 13.5. The topological polar surface area (TPSA) is 84.1 Å². The average Bonchev–Trinajstić information content (AvgIpc) is 2.62. The van der Waals surface area contributed by atoms with Crippen molar-refractivity contribution in [2.75, 3.05) is 11.1 Å². The predicted octanol–water partition coefficient (Wildman–Crippen LogP) is 4.14. The number of aliphatic hydroxyl groups is 1. The normalized spacial score (nSPS) is 10.7. The Morgan fingerprint density at radius 2 is 1.80 bits per heavy atom. The Morgan fingerprint density at radius 3 is 2.52 bits per heavy atom. The first-order valence-electron chi connectivity index (χ1n) is 7.58. The molecule has 0 amide bonds. The summed E-state index contributed by atoms with van der Waals surface area (Å²) in [4.78, 5) is 8.72. The van der Waals surface area contributed by atoms with Crippen molar-refractivity contribution in [2.45, 2.75) is 13.2 Å². The fourth-order valence-electron chi connectivity index (χ4n) is 2.37. The Kier molecular flexibility index (Phi) is 5.38. The molecule has 25 heavy (non-hydrogen) atoms. The first-order chi connectivity index (χ1) is 12.1. The van der Waals surface area contributed by atoms with Crippen LogP contribution in [-0.2, 0) is 13.2 Å². The molecular formula is C18H16Cl2N4O. The van der Waals surface area contributed by atoms with Gasteiger partial charge in [0.15, 0.2) is 11.6 Å². The highest BCUT2D eigenvalue weighted by Crippen LogP contribution is 2.27. The highest BCUT2D eigenvalue weighted by atomic mass is 35.5. The minimum absolute atomic E-state index is 0.0354. The number of hydrogen-bond acceptors (Lipinski definition) is 5. The molecule has 0 unspecified atom stereocenters. The number of rotatable bonds is 5. The molecule has 1 heterocycles. The van der Waals surface area contributed by atoms with E-state index in [0.29, 0.717) is 28.1 Å². The maximum Gasteiger partial charge on any atom is 0.169 e. The first-order valence-corrected chi connectivity index (χ1v) is 8.33. The summed E-state index contributed by atoms with van der Waals surface area (Å²) in [5.41, 5.74) is 8.98. The number of aromatic nitrogens is 2. The van der Waals surface area contributed by atoms with Crippen LogP contribution in [0.3, 0.4) is 0 Å². The van der Waals surface area contributed by atoms with Gasteiger partial charge in [0.05, 0.1) is 18.5 Å². The minimum atomic E-state index is -0.0354. The lowest BCUT2D eigenvalue weighted by molar-refractivity contribution is 0.282. The molecule has 0 fully saturated rings. The van der Waals surface area contributed by atoms with Gasteiger partial charge in [0.1, 0.15) is 0 Å². The van der Waals surface area contributed by atoms with Crippen molar-refractivity contribution in [1.82, 2.24) is 9.97 Å². The standard InChI is InChI=1S/C18H16Cl2N4O/c19-14-5-2-6-15(20)13(14)8-23-18-17(21)22-9-16(24-18)12-4-1-3-11(7-12)10-25/h1-7,9,25H,8,10H2,(H2,21,22)(H,23,24). The van der Waals surface area contributed by atoms with Gasteiger partial charge in [-0.05, 0) is 23.8 Å². The molecule has 4 N–H and O–H groups in total. The van der Waals surface area contributed by atoms with Crippen LogP contribution >= 0.6 is 23.2 Å². The molecule has 5 nitrogen and oxygen atoms in total. The maximum absolute atomic E-state index is 9.28. The molecule has 0 radical (unpaired) electrons. The lowest BCUT2D eigenvalue weighted by Crippen LogP contribution is -2.07. The molecule has 0 saturated carbocycles. The zero-order valence-corrected chi connectivity index (χ0v) is 14.7. The van der Waals surface area contributed by atoms with E-state index in [1.807, 2.05) is 24.3 Å². The quantitative estimate of drug-likeness (QED) is 0.624. The van der Waals surface area contributed by atoms with Crippen molar-refractivity contribution in [2.24, 2.45) is 0 Å². The smallest absolute Gasteiger partial charge is 0.169 e. The summed E-state index contributed by atoms with van der Waals surface area (Å²) in [6, 6.07) is 12.8. The summed E-state index contributed by atoms with van der Waals surface area (Å²) >= 11 is 12.4. The average molecular weight is 375 g/mol. The highest BCUT2D eigenvalue weighted by molar-refractivity contribution is 6.36. The zero-order chi connectivity index (χ0) is 17.8. The molecule has 3 aromatic rings. The summed E-state index contributed by atoms with van der Waals surface area (Å²) < 4.78 is 0. The minimum Gasteiger partial charge on any atom is -0.392 e. The molecule has 0 aliphatic rings. The number of nitrogens with one attached hydrogen (secondary N) is 1. The van der Waals surface area contributed by atoms with Gasteiger partial charge >= 0.3 is 0 Å². The second-order valence-corrected chi connectivity index (χ2v) is 6.22. The number of nitrogen functional groups attached to an aromatic ring is 1. The van der Waals surface area contributed by atoms with Gasteiger partial charge in [-0.25, -0.2) is 9.97 Å². The lowest BCUT2D eigenvalue weighted by atomic mass is 10.1. The molecule has 0 bridgehead atoms. The number of hydrogen-bond donors (Lipinski definition) is 3. The van der Waals surface area contributed by atoms with Gasteiger partial charge in [0, 0.05) is 27.7 Å². The van der Waals surface area contributed by atoms with Crippen LogP contribution in [0, 0.1) is 0 Å². The van der Waals surface area contributed by atoms with Crippen molar-refractivity contribution >= 4 is 34.8 Å². The summed E-state index contributed by atoms with van der Waals surface area (Å²) in [6.45, 7) is 0.337. The summed E-state index contributed by atoms with van der Waals surface area (Å²) in [7, 11) is 0. The van der Waals surface area contributed by atoms with Crippen LogP contribution in [0.5, 0.6) is 0 Å². The number of aliphatic hydroxyl groups excluding tert-OH is 1. The number of benzene rings is 2. The Labute approximate surface area is 155 Å². The van der Waals surface area contributed by atoms with E-state index in [1.165, 1.54) is 0 Å². The largest absolute Gasteiger partial charge is 0.392 e. The van der Waals surface area contributed by atoms with E-state index in [0.717, 1.165) is 16.7 Å². The molecule has 2 aromatic carbocycles. The van der Waals surface area contributed by atoms with Crippen LogP contribution in [0.15, 0.2) is 48.7 Å². The number of anilines is 2. The molecule has 128 valence electrons. The summed E-state index contributed by atoms with van der Waals surface area (Å²) in [6.07, 6.45) is 1.60. The van der Waals surface area contributed by atoms with E-state index in [2.05, 4.69) is 15.3 Å². The third-order valence-electron chi connectivity index (χ3n) is 3.70. The van der Waals surface area contributed by atoms with Gasteiger partial charge in [-0.15, -0.1) is 0 Å². The van der Waals surface area contributed by atoms with E-state index in [1.54, 1.807) is 24.4 Å². The number of nitrogens with two attached hydrogens (primary N) is 1. The molecule has 0 spiro atoms. The lowest BCUT2D eigenvalue weighted by Gasteiger charge is -2.12.